The zero-order valence-corrected chi connectivity index (χ0v) is 13.0. The highest BCUT2D eigenvalue weighted by Crippen LogP contribution is 2.22. The van der Waals surface area contributed by atoms with Crippen molar-refractivity contribution in [2.45, 2.75) is 24.8 Å². The van der Waals surface area contributed by atoms with Crippen molar-refractivity contribution in [1.82, 2.24) is 0 Å². The summed E-state index contributed by atoms with van der Waals surface area (Å²) in [6.07, 6.45) is 0. The highest BCUT2D eigenvalue weighted by molar-refractivity contribution is 7.91. The third-order valence-electron chi connectivity index (χ3n) is 3.39. The molecule has 1 atom stereocenters. The van der Waals surface area contributed by atoms with Crippen LogP contribution < -0.4 is 11.1 Å². The standard InChI is InChI=1S/C16H20N2O2S/c1-3-21(19,20)16-9-7-15(8-10-16)18-12(2)13-5-4-6-14(17)11-13/h4-12,18H,3,17H2,1-2H3. The second kappa shape index (κ2) is 6.18. The summed E-state index contributed by atoms with van der Waals surface area (Å²) in [5.74, 6) is 0.111. The van der Waals surface area contributed by atoms with Gasteiger partial charge in [-0.25, -0.2) is 8.42 Å². The van der Waals surface area contributed by atoms with Crippen molar-refractivity contribution in [3.05, 3.63) is 54.1 Å². The molecule has 0 bridgehead atoms. The summed E-state index contributed by atoms with van der Waals surface area (Å²) < 4.78 is 23.5. The van der Waals surface area contributed by atoms with Crippen molar-refractivity contribution in [3.8, 4) is 0 Å². The Morgan fingerprint density at radius 3 is 2.38 bits per heavy atom. The number of nitrogens with two attached hydrogens (primary N) is 1. The van der Waals surface area contributed by atoms with E-state index < -0.39 is 9.84 Å². The lowest BCUT2D eigenvalue weighted by atomic mass is 10.1. The van der Waals surface area contributed by atoms with Crippen LogP contribution in [0.2, 0.25) is 0 Å². The van der Waals surface area contributed by atoms with Gasteiger partial charge in [0.2, 0.25) is 0 Å². The number of anilines is 2. The molecule has 2 aromatic carbocycles. The van der Waals surface area contributed by atoms with Gasteiger partial charge in [-0.1, -0.05) is 19.1 Å². The van der Waals surface area contributed by atoms with Crippen molar-refractivity contribution >= 4 is 21.2 Å². The Morgan fingerprint density at radius 2 is 1.81 bits per heavy atom. The quantitative estimate of drug-likeness (QED) is 0.832. The summed E-state index contributed by atoms with van der Waals surface area (Å²) in [6, 6.07) is 14.6. The van der Waals surface area contributed by atoms with Crippen LogP contribution in [0.15, 0.2) is 53.4 Å². The molecule has 0 fully saturated rings. The van der Waals surface area contributed by atoms with Gasteiger partial charge in [0, 0.05) is 17.4 Å². The van der Waals surface area contributed by atoms with E-state index in [0.717, 1.165) is 16.9 Å². The Labute approximate surface area is 125 Å². The predicted molar refractivity (Wildman–Crippen MR) is 87.1 cm³/mol. The van der Waals surface area contributed by atoms with Crippen molar-refractivity contribution in [1.29, 1.82) is 0 Å². The van der Waals surface area contributed by atoms with Gasteiger partial charge in [-0.2, -0.15) is 0 Å². The van der Waals surface area contributed by atoms with E-state index in [1.54, 1.807) is 31.2 Å². The second-order valence-electron chi connectivity index (χ2n) is 4.96. The van der Waals surface area contributed by atoms with Crippen molar-refractivity contribution in [2.75, 3.05) is 16.8 Å². The maximum absolute atomic E-state index is 11.8. The Morgan fingerprint density at radius 1 is 1.14 bits per heavy atom. The van der Waals surface area contributed by atoms with Gasteiger partial charge in [-0.3, -0.25) is 0 Å². The molecule has 0 aliphatic heterocycles. The Bertz CT molecular complexity index is 709. The Kier molecular flexibility index (Phi) is 4.53. The number of hydrogen-bond acceptors (Lipinski definition) is 4. The number of nitrogen functional groups attached to an aromatic ring is 1. The minimum Gasteiger partial charge on any atom is -0.399 e. The molecular formula is C16H20N2O2S. The molecule has 3 N–H and O–H groups in total. The monoisotopic (exact) mass is 304 g/mol. The van der Waals surface area contributed by atoms with Crippen LogP contribution in [0.1, 0.15) is 25.5 Å². The van der Waals surface area contributed by atoms with Crippen molar-refractivity contribution in [2.24, 2.45) is 0 Å². The maximum atomic E-state index is 11.8. The lowest BCUT2D eigenvalue weighted by molar-refractivity contribution is 0.597. The van der Waals surface area contributed by atoms with E-state index >= 15 is 0 Å². The van der Waals surface area contributed by atoms with E-state index in [2.05, 4.69) is 5.32 Å². The molecule has 2 rings (SSSR count). The van der Waals surface area contributed by atoms with Gasteiger partial charge in [0.25, 0.3) is 0 Å². The van der Waals surface area contributed by atoms with E-state index in [4.69, 9.17) is 5.73 Å². The van der Waals surface area contributed by atoms with Crippen LogP contribution in [0.5, 0.6) is 0 Å². The molecule has 4 nitrogen and oxygen atoms in total. The highest BCUT2D eigenvalue weighted by Gasteiger charge is 2.11. The number of rotatable bonds is 5. The van der Waals surface area contributed by atoms with Gasteiger partial charge >= 0.3 is 0 Å². The molecular weight excluding hydrogens is 284 g/mol. The topological polar surface area (TPSA) is 72.2 Å². The van der Waals surface area contributed by atoms with E-state index in [1.165, 1.54) is 0 Å². The molecule has 0 aliphatic rings. The van der Waals surface area contributed by atoms with Crippen LogP contribution in [-0.2, 0) is 9.84 Å². The fourth-order valence-corrected chi connectivity index (χ4v) is 2.97. The van der Waals surface area contributed by atoms with E-state index in [1.807, 2.05) is 31.2 Å². The molecule has 0 saturated carbocycles. The lowest BCUT2D eigenvalue weighted by Crippen LogP contribution is -2.08. The average molecular weight is 304 g/mol. The van der Waals surface area contributed by atoms with Crippen LogP contribution in [-0.4, -0.2) is 14.2 Å². The maximum Gasteiger partial charge on any atom is 0.178 e. The van der Waals surface area contributed by atoms with Gasteiger partial charge in [0.1, 0.15) is 0 Å². The van der Waals surface area contributed by atoms with Crippen molar-refractivity contribution in [3.63, 3.8) is 0 Å². The van der Waals surface area contributed by atoms with Gasteiger partial charge in [0.15, 0.2) is 9.84 Å². The summed E-state index contributed by atoms with van der Waals surface area (Å²) in [5, 5.41) is 3.33. The Balaban J connectivity index is 2.14. The van der Waals surface area contributed by atoms with E-state index in [0.29, 0.717) is 4.90 Å². The van der Waals surface area contributed by atoms with Crippen LogP contribution in [0.25, 0.3) is 0 Å². The first-order valence-electron chi connectivity index (χ1n) is 6.87. The molecule has 21 heavy (non-hydrogen) atoms. The molecule has 0 saturated heterocycles. The highest BCUT2D eigenvalue weighted by atomic mass is 32.2. The first kappa shape index (κ1) is 15.4. The number of benzene rings is 2. The SMILES string of the molecule is CCS(=O)(=O)c1ccc(NC(C)c2cccc(N)c2)cc1. The first-order valence-corrected chi connectivity index (χ1v) is 8.52. The van der Waals surface area contributed by atoms with Crippen LogP contribution in [0, 0.1) is 0 Å². The van der Waals surface area contributed by atoms with Crippen LogP contribution in [0.3, 0.4) is 0 Å². The Hall–Kier alpha value is -2.01. The third-order valence-corrected chi connectivity index (χ3v) is 5.14. The molecule has 0 aliphatic carbocycles. The first-order chi connectivity index (χ1) is 9.92. The number of hydrogen-bond donors (Lipinski definition) is 2. The molecule has 0 spiro atoms. The number of nitrogens with one attached hydrogen (secondary N) is 1. The van der Waals surface area contributed by atoms with Crippen LogP contribution in [0.4, 0.5) is 11.4 Å². The summed E-state index contributed by atoms with van der Waals surface area (Å²) in [4.78, 5) is 0.354. The average Bonchev–Trinajstić information content (AvgIpc) is 2.48. The van der Waals surface area contributed by atoms with E-state index in [-0.39, 0.29) is 11.8 Å². The van der Waals surface area contributed by atoms with Crippen molar-refractivity contribution < 1.29 is 8.42 Å². The van der Waals surface area contributed by atoms with E-state index in [9.17, 15) is 8.42 Å². The molecule has 0 heterocycles. The third kappa shape index (κ3) is 3.76. The zero-order chi connectivity index (χ0) is 15.5. The number of sulfone groups is 1. The summed E-state index contributed by atoms with van der Waals surface area (Å²) in [7, 11) is -3.15. The minimum absolute atomic E-state index is 0.0853. The zero-order valence-electron chi connectivity index (χ0n) is 12.2. The van der Waals surface area contributed by atoms with Gasteiger partial charge < -0.3 is 11.1 Å². The normalized spacial score (nSPS) is 12.9. The van der Waals surface area contributed by atoms with Gasteiger partial charge in [-0.15, -0.1) is 0 Å². The molecule has 0 radical (unpaired) electrons. The lowest BCUT2D eigenvalue weighted by Gasteiger charge is -2.16. The minimum atomic E-state index is -3.15. The summed E-state index contributed by atoms with van der Waals surface area (Å²) in [5.41, 5.74) is 8.46. The predicted octanol–water partition coefficient (Wildman–Crippen LogP) is 3.24. The van der Waals surface area contributed by atoms with Gasteiger partial charge in [0.05, 0.1) is 10.6 Å². The molecule has 112 valence electrons. The fraction of sp³-hybridized carbons (Fsp3) is 0.250. The molecule has 2 aromatic rings. The molecule has 0 aromatic heterocycles. The molecule has 5 heteroatoms. The fourth-order valence-electron chi connectivity index (χ4n) is 2.09. The van der Waals surface area contributed by atoms with Gasteiger partial charge in [-0.05, 0) is 48.9 Å². The second-order valence-corrected chi connectivity index (χ2v) is 7.24. The smallest absolute Gasteiger partial charge is 0.178 e. The summed E-state index contributed by atoms with van der Waals surface area (Å²) >= 11 is 0. The van der Waals surface area contributed by atoms with Crippen LogP contribution >= 0.6 is 0 Å². The molecule has 0 amide bonds. The molecule has 1 unspecified atom stereocenters. The largest absolute Gasteiger partial charge is 0.399 e. The summed E-state index contributed by atoms with van der Waals surface area (Å²) in [6.45, 7) is 3.68.